The van der Waals surface area contributed by atoms with Gasteiger partial charge in [-0.25, -0.2) is 0 Å². The van der Waals surface area contributed by atoms with E-state index in [9.17, 15) is 4.79 Å². The van der Waals surface area contributed by atoms with E-state index in [0.717, 1.165) is 12.2 Å². The van der Waals surface area contributed by atoms with Gasteiger partial charge in [0.05, 0.1) is 0 Å². The van der Waals surface area contributed by atoms with Crippen LogP contribution in [0.25, 0.3) is 0 Å². The van der Waals surface area contributed by atoms with E-state index in [1.807, 2.05) is 17.6 Å². The molecule has 0 amide bonds. The van der Waals surface area contributed by atoms with E-state index >= 15 is 0 Å². The zero-order valence-electron chi connectivity index (χ0n) is 7.87. The summed E-state index contributed by atoms with van der Waals surface area (Å²) in [4.78, 5) is 11.3. The van der Waals surface area contributed by atoms with Crippen molar-refractivity contribution in [3.05, 3.63) is 34.2 Å². The Morgan fingerprint density at radius 2 is 2.08 bits per heavy atom. The van der Waals surface area contributed by atoms with Gasteiger partial charge in [0.2, 0.25) is 0 Å². The van der Waals surface area contributed by atoms with Gasteiger partial charge in [0.25, 0.3) is 5.56 Å². The Balaban J connectivity index is 3.05. The predicted octanol–water partition coefficient (Wildman–Crippen LogP) is 1.81. The van der Waals surface area contributed by atoms with Crippen molar-refractivity contribution in [2.24, 2.45) is 5.92 Å². The maximum absolute atomic E-state index is 11.3. The molecular weight excluding hydrogens is 150 g/mol. The molecule has 0 radical (unpaired) electrons. The van der Waals surface area contributed by atoms with Crippen molar-refractivity contribution in [2.75, 3.05) is 0 Å². The number of nitrogens with zero attached hydrogens (tertiary/aromatic N) is 1. The molecule has 0 aliphatic carbocycles. The number of pyridine rings is 1. The first kappa shape index (κ1) is 9.04. The molecule has 66 valence electrons. The Hall–Kier alpha value is -1.05. The zero-order valence-corrected chi connectivity index (χ0v) is 7.87. The average Bonchev–Trinajstić information content (AvgIpc) is 1.97. The first-order valence-corrected chi connectivity index (χ1v) is 4.27. The molecule has 0 saturated heterocycles. The summed E-state index contributed by atoms with van der Waals surface area (Å²) in [5.41, 5.74) is 1.14. The molecule has 12 heavy (non-hydrogen) atoms. The lowest BCUT2D eigenvalue weighted by Gasteiger charge is -2.10. The minimum absolute atomic E-state index is 0.101. The number of hydrogen-bond acceptors (Lipinski definition) is 1. The highest BCUT2D eigenvalue weighted by Crippen LogP contribution is 1.99. The van der Waals surface area contributed by atoms with E-state index in [1.54, 1.807) is 12.1 Å². The molecule has 0 spiro atoms. The molecule has 0 aliphatic rings. The van der Waals surface area contributed by atoms with Crippen LogP contribution < -0.4 is 5.56 Å². The van der Waals surface area contributed by atoms with E-state index in [0.29, 0.717) is 5.92 Å². The Labute approximate surface area is 72.8 Å². The van der Waals surface area contributed by atoms with Gasteiger partial charge in [-0.1, -0.05) is 19.9 Å². The molecule has 1 heterocycles. The molecule has 0 aliphatic heterocycles. The largest absolute Gasteiger partial charge is 0.313 e. The van der Waals surface area contributed by atoms with Crippen LogP contribution in [0.3, 0.4) is 0 Å². The molecule has 2 heteroatoms. The quantitative estimate of drug-likeness (QED) is 0.655. The lowest BCUT2D eigenvalue weighted by atomic mass is 10.2. The zero-order chi connectivity index (χ0) is 9.14. The third-order valence-corrected chi connectivity index (χ3v) is 1.82. The predicted molar refractivity (Wildman–Crippen MR) is 50.3 cm³/mol. The van der Waals surface area contributed by atoms with Gasteiger partial charge in [0, 0.05) is 18.3 Å². The maximum atomic E-state index is 11.3. The molecule has 0 fully saturated rings. The van der Waals surface area contributed by atoms with Crippen LogP contribution in [0.1, 0.15) is 19.5 Å². The van der Waals surface area contributed by atoms with Crippen molar-refractivity contribution in [2.45, 2.75) is 27.3 Å². The summed E-state index contributed by atoms with van der Waals surface area (Å²) in [6, 6.07) is 5.37. The highest BCUT2D eigenvalue weighted by atomic mass is 16.1. The molecule has 1 aromatic rings. The highest BCUT2D eigenvalue weighted by molar-refractivity contribution is 5.04. The van der Waals surface area contributed by atoms with Crippen molar-refractivity contribution >= 4 is 0 Å². The van der Waals surface area contributed by atoms with Crippen LogP contribution in [0.2, 0.25) is 0 Å². The second-order valence-corrected chi connectivity index (χ2v) is 3.51. The number of rotatable bonds is 2. The summed E-state index contributed by atoms with van der Waals surface area (Å²) in [7, 11) is 0. The summed E-state index contributed by atoms with van der Waals surface area (Å²) >= 11 is 0. The van der Waals surface area contributed by atoms with E-state index in [2.05, 4.69) is 13.8 Å². The molecule has 0 bridgehead atoms. The minimum atomic E-state index is 0.101. The first-order chi connectivity index (χ1) is 5.61. The molecular formula is C10H15NO. The van der Waals surface area contributed by atoms with Gasteiger partial charge in [-0.2, -0.15) is 0 Å². The van der Waals surface area contributed by atoms with E-state index in [1.165, 1.54) is 0 Å². The summed E-state index contributed by atoms with van der Waals surface area (Å²) in [6.07, 6.45) is 0. The van der Waals surface area contributed by atoms with E-state index in [4.69, 9.17) is 0 Å². The summed E-state index contributed by atoms with van der Waals surface area (Å²) in [6.45, 7) is 6.99. The fourth-order valence-corrected chi connectivity index (χ4v) is 1.22. The lowest BCUT2D eigenvalue weighted by Crippen LogP contribution is -2.23. The number of aryl methyl sites for hydroxylation is 1. The summed E-state index contributed by atoms with van der Waals surface area (Å²) < 4.78 is 1.81. The normalized spacial score (nSPS) is 10.7. The van der Waals surface area contributed by atoms with Crippen LogP contribution in [0.5, 0.6) is 0 Å². The average molecular weight is 165 g/mol. The molecule has 0 saturated carbocycles. The van der Waals surface area contributed by atoms with E-state index in [-0.39, 0.29) is 5.56 Å². The van der Waals surface area contributed by atoms with Gasteiger partial charge in [-0.15, -0.1) is 0 Å². The van der Waals surface area contributed by atoms with Crippen molar-refractivity contribution in [3.63, 3.8) is 0 Å². The fraction of sp³-hybridized carbons (Fsp3) is 0.500. The minimum Gasteiger partial charge on any atom is -0.313 e. The van der Waals surface area contributed by atoms with Crippen LogP contribution in [0.4, 0.5) is 0 Å². The van der Waals surface area contributed by atoms with Gasteiger partial charge < -0.3 is 4.57 Å². The van der Waals surface area contributed by atoms with Crippen molar-refractivity contribution in [3.8, 4) is 0 Å². The van der Waals surface area contributed by atoms with Crippen LogP contribution >= 0.6 is 0 Å². The number of hydrogen-bond donors (Lipinski definition) is 0. The topological polar surface area (TPSA) is 22.0 Å². The second kappa shape index (κ2) is 3.57. The van der Waals surface area contributed by atoms with E-state index < -0.39 is 0 Å². The van der Waals surface area contributed by atoms with Crippen LogP contribution in [0.15, 0.2) is 23.0 Å². The van der Waals surface area contributed by atoms with Gasteiger partial charge in [-0.3, -0.25) is 4.79 Å². The van der Waals surface area contributed by atoms with Crippen LogP contribution in [0, 0.1) is 12.8 Å². The molecule has 0 aromatic carbocycles. The maximum Gasteiger partial charge on any atom is 0.250 e. The summed E-state index contributed by atoms with van der Waals surface area (Å²) in [5.74, 6) is 0.517. The SMILES string of the molecule is Cc1cccc(=O)n1CC(C)C. The third-order valence-electron chi connectivity index (χ3n) is 1.82. The van der Waals surface area contributed by atoms with Crippen LogP contribution in [-0.2, 0) is 6.54 Å². The monoisotopic (exact) mass is 165 g/mol. The van der Waals surface area contributed by atoms with Crippen molar-refractivity contribution < 1.29 is 0 Å². The van der Waals surface area contributed by atoms with Gasteiger partial charge in [0.1, 0.15) is 0 Å². The Bertz CT molecular complexity index is 312. The van der Waals surface area contributed by atoms with Gasteiger partial charge in [-0.05, 0) is 18.9 Å². The second-order valence-electron chi connectivity index (χ2n) is 3.51. The Kier molecular flexibility index (Phi) is 2.69. The molecule has 2 nitrogen and oxygen atoms in total. The van der Waals surface area contributed by atoms with Crippen molar-refractivity contribution in [1.82, 2.24) is 4.57 Å². The Morgan fingerprint density at radius 1 is 1.42 bits per heavy atom. The van der Waals surface area contributed by atoms with Crippen molar-refractivity contribution in [1.29, 1.82) is 0 Å². The summed E-state index contributed by atoms with van der Waals surface area (Å²) in [5, 5.41) is 0. The smallest absolute Gasteiger partial charge is 0.250 e. The lowest BCUT2D eigenvalue weighted by molar-refractivity contribution is 0.502. The molecule has 0 N–H and O–H groups in total. The first-order valence-electron chi connectivity index (χ1n) is 4.27. The van der Waals surface area contributed by atoms with Gasteiger partial charge in [0.15, 0.2) is 0 Å². The Morgan fingerprint density at radius 3 is 2.58 bits per heavy atom. The van der Waals surface area contributed by atoms with Crippen LogP contribution in [-0.4, -0.2) is 4.57 Å². The molecule has 1 rings (SSSR count). The highest BCUT2D eigenvalue weighted by Gasteiger charge is 2.00. The third kappa shape index (κ3) is 1.97. The molecule has 0 atom stereocenters. The fourth-order valence-electron chi connectivity index (χ4n) is 1.22. The molecule has 0 unspecified atom stereocenters. The number of aromatic nitrogens is 1. The standard InChI is InChI=1S/C10H15NO/c1-8(2)7-11-9(3)5-4-6-10(11)12/h4-6,8H,7H2,1-3H3. The molecule has 1 aromatic heterocycles. The van der Waals surface area contributed by atoms with Gasteiger partial charge >= 0.3 is 0 Å².